The zero-order valence-corrected chi connectivity index (χ0v) is 17.7. The molecule has 1 atom stereocenters. The Kier molecular flexibility index (Phi) is 4.75. The van der Waals surface area contributed by atoms with Crippen molar-refractivity contribution in [2.45, 2.75) is 46.0 Å². The summed E-state index contributed by atoms with van der Waals surface area (Å²) < 4.78 is 8.09. The van der Waals surface area contributed by atoms with Gasteiger partial charge in [-0.15, -0.1) is 0 Å². The molecule has 2 heterocycles. The number of hydrogen-bond acceptors (Lipinski definition) is 4. The summed E-state index contributed by atoms with van der Waals surface area (Å²) in [4.78, 5) is 2.57. The second-order valence-corrected chi connectivity index (χ2v) is 12.0. The van der Waals surface area contributed by atoms with Gasteiger partial charge >= 0.3 is 0 Å². The van der Waals surface area contributed by atoms with Gasteiger partial charge in [0.1, 0.15) is 0 Å². The minimum atomic E-state index is -2.39. The lowest BCUT2D eigenvalue weighted by Gasteiger charge is -2.41. The highest BCUT2D eigenvalue weighted by molar-refractivity contribution is 8.15. The van der Waals surface area contributed by atoms with Gasteiger partial charge in [-0.1, -0.05) is 32.0 Å². The van der Waals surface area contributed by atoms with Crippen molar-refractivity contribution in [3.05, 3.63) is 41.3 Å². The molecule has 1 fully saturated rings. The number of rotatable bonds is 3. The van der Waals surface area contributed by atoms with Crippen LogP contribution in [0.2, 0.25) is 0 Å². The molecule has 1 aromatic carbocycles. The van der Waals surface area contributed by atoms with Crippen LogP contribution in [0.15, 0.2) is 46.4 Å². The topological polar surface area (TPSA) is 28.1 Å². The fraction of sp³-hybridized carbons (Fsp3) is 0.550. The van der Waals surface area contributed by atoms with Gasteiger partial charge in [-0.2, -0.15) is 5.10 Å². The van der Waals surface area contributed by atoms with E-state index in [1.807, 2.05) is 23.0 Å². The Balaban J connectivity index is 1.86. The number of hydrogen-bond donors (Lipinski definition) is 0. The van der Waals surface area contributed by atoms with Crippen LogP contribution >= 0.6 is 6.42 Å². The lowest BCUT2D eigenvalue weighted by atomic mass is 9.78. The third kappa shape index (κ3) is 3.04. The molecule has 0 amide bonds. The van der Waals surface area contributed by atoms with Crippen LogP contribution in [0.25, 0.3) is 0 Å². The van der Waals surface area contributed by atoms with Crippen molar-refractivity contribution in [3.8, 4) is 0 Å². The molecule has 3 aliphatic rings. The molecule has 0 radical (unpaired) electrons. The Labute approximate surface area is 162 Å². The first kappa shape index (κ1) is 18.2. The van der Waals surface area contributed by atoms with Crippen molar-refractivity contribution < 1.29 is 4.52 Å². The number of likely N-dealkylation sites (tertiary alicyclic amines) is 1. The summed E-state index contributed by atoms with van der Waals surface area (Å²) in [5.41, 5.74) is 3.79. The van der Waals surface area contributed by atoms with E-state index in [9.17, 15) is 0 Å². The number of nitrogens with zero attached hydrogens (tertiary/aromatic N) is 3. The van der Waals surface area contributed by atoms with Crippen LogP contribution in [0.1, 0.15) is 46.0 Å². The maximum atomic E-state index is 6.21. The van der Waals surface area contributed by atoms with E-state index < -0.39 is 6.42 Å². The molecule has 4 rings (SSSR count). The molecule has 0 saturated carbocycles. The van der Waals surface area contributed by atoms with Crippen molar-refractivity contribution in [1.82, 2.24) is 4.90 Å². The van der Waals surface area contributed by atoms with Crippen molar-refractivity contribution in [2.75, 3.05) is 25.0 Å². The average molecular weight is 390 g/mol. The second-order valence-electron chi connectivity index (χ2n) is 8.24. The monoisotopic (exact) mass is 389 g/mol. The van der Waals surface area contributed by atoms with E-state index in [1.165, 1.54) is 30.3 Å². The van der Waals surface area contributed by atoms with Gasteiger partial charge in [-0.3, -0.25) is 0 Å². The molecule has 1 aliphatic carbocycles. The van der Waals surface area contributed by atoms with Crippen LogP contribution in [0, 0.1) is 5.41 Å². The van der Waals surface area contributed by atoms with Gasteiger partial charge in [0, 0.05) is 25.9 Å². The van der Waals surface area contributed by atoms with Gasteiger partial charge in [0.15, 0.2) is 0 Å². The highest BCUT2D eigenvalue weighted by atomic mass is 32.4. The molecule has 0 unspecified atom stereocenters. The van der Waals surface area contributed by atoms with Gasteiger partial charge in [-0.05, 0) is 61.5 Å². The third-order valence-corrected chi connectivity index (χ3v) is 9.41. The van der Waals surface area contributed by atoms with E-state index in [0.29, 0.717) is 0 Å². The van der Waals surface area contributed by atoms with Crippen LogP contribution in [-0.2, 0) is 16.3 Å². The summed E-state index contributed by atoms with van der Waals surface area (Å²) in [6.45, 7) is 6.95. The van der Waals surface area contributed by atoms with E-state index in [0.717, 1.165) is 37.3 Å². The molecule has 0 bridgehead atoms. The molecule has 0 spiro atoms. The Morgan fingerprint density at radius 2 is 1.77 bits per heavy atom. The summed E-state index contributed by atoms with van der Waals surface area (Å²) in [7, 11) is 1.76. The summed E-state index contributed by atoms with van der Waals surface area (Å²) in [6.07, 6.45) is 3.49. The molecule has 4 nitrogen and oxygen atoms in total. The summed E-state index contributed by atoms with van der Waals surface area (Å²) >= 11 is 6.21. The Morgan fingerprint density at radius 1 is 1.08 bits per heavy atom. The quantitative estimate of drug-likeness (QED) is 0.653. The zero-order valence-electron chi connectivity index (χ0n) is 15.9. The summed E-state index contributed by atoms with van der Waals surface area (Å²) in [5, 5.41) is 6.27. The molecule has 2 aliphatic heterocycles. The number of hydrazone groups is 1. The molecular weight excluding hydrogens is 361 g/mol. The molecular formula is C20H28N3OPS. The second kappa shape index (κ2) is 6.78. The number of anilines is 1. The first-order valence-corrected chi connectivity index (χ1v) is 12.2. The number of para-hydroxylation sites is 1. The Bertz CT molecular complexity index is 797. The first-order valence-electron chi connectivity index (χ1n) is 9.53. The number of allylic oxidation sites excluding steroid dienone is 2. The van der Waals surface area contributed by atoms with Gasteiger partial charge < -0.3 is 9.42 Å². The van der Waals surface area contributed by atoms with E-state index in [2.05, 4.69) is 30.9 Å². The predicted octanol–water partition coefficient (Wildman–Crippen LogP) is 5.34. The lowest BCUT2D eigenvalue weighted by Crippen LogP contribution is -2.36. The molecule has 26 heavy (non-hydrogen) atoms. The van der Waals surface area contributed by atoms with Crippen LogP contribution in [0.4, 0.5) is 5.69 Å². The van der Waals surface area contributed by atoms with Gasteiger partial charge in [0.2, 0.25) is 6.42 Å². The number of fused-ring (bicyclic) bond motifs is 1. The number of benzene rings is 1. The van der Waals surface area contributed by atoms with Crippen LogP contribution in [0.5, 0.6) is 0 Å². The first-order chi connectivity index (χ1) is 12.4. The highest BCUT2D eigenvalue weighted by Crippen LogP contribution is 2.67. The van der Waals surface area contributed by atoms with Gasteiger partial charge in [0.25, 0.3) is 0 Å². The predicted molar refractivity (Wildman–Crippen MR) is 113 cm³/mol. The molecule has 0 N–H and O–H groups in total. The van der Waals surface area contributed by atoms with Crippen molar-refractivity contribution in [3.63, 3.8) is 0 Å². The van der Waals surface area contributed by atoms with Gasteiger partial charge in [0.05, 0.1) is 16.7 Å². The van der Waals surface area contributed by atoms with E-state index >= 15 is 0 Å². The summed E-state index contributed by atoms with van der Waals surface area (Å²) in [6, 6.07) is 10.3. The van der Waals surface area contributed by atoms with Crippen molar-refractivity contribution >= 4 is 29.6 Å². The van der Waals surface area contributed by atoms with Crippen LogP contribution < -0.4 is 4.78 Å². The average Bonchev–Trinajstić information content (AvgIpc) is 2.94. The maximum absolute atomic E-state index is 6.21. The van der Waals surface area contributed by atoms with Crippen molar-refractivity contribution in [1.29, 1.82) is 0 Å². The van der Waals surface area contributed by atoms with Crippen LogP contribution in [0.3, 0.4) is 0 Å². The molecule has 140 valence electrons. The van der Waals surface area contributed by atoms with E-state index in [-0.39, 0.29) is 5.41 Å². The fourth-order valence-electron chi connectivity index (χ4n) is 4.35. The highest BCUT2D eigenvalue weighted by Gasteiger charge is 2.47. The van der Waals surface area contributed by atoms with E-state index in [4.69, 9.17) is 21.4 Å². The molecule has 1 saturated heterocycles. The molecule has 6 heteroatoms. The maximum Gasteiger partial charge on any atom is 0.209 e. The smallest absolute Gasteiger partial charge is 0.209 e. The Hall–Kier alpha value is -1.16. The van der Waals surface area contributed by atoms with Gasteiger partial charge in [-0.25, -0.2) is 4.78 Å². The largest absolute Gasteiger partial charge is 0.374 e. The van der Waals surface area contributed by atoms with E-state index in [1.54, 1.807) is 7.11 Å². The molecule has 1 aromatic rings. The lowest BCUT2D eigenvalue weighted by molar-refractivity contribution is 0.240. The van der Waals surface area contributed by atoms with Crippen molar-refractivity contribution in [2.24, 2.45) is 10.5 Å². The number of piperidine rings is 1. The normalized spacial score (nSPS) is 28.2. The SMILES string of the molecule is CO[P@]1(=S)C2=C(N3CCCCC3)CC(C)(C)CC2=NN1c1ccccc1. The zero-order chi connectivity index (χ0) is 18.4. The third-order valence-electron chi connectivity index (χ3n) is 5.56. The molecule has 0 aromatic heterocycles. The minimum Gasteiger partial charge on any atom is -0.374 e. The Morgan fingerprint density at radius 3 is 2.42 bits per heavy atom. The fourth-order valence-corrected chi connectivity index (χ4v) is 7.56. The van der Waals surface area contributed by atoms with Crippen LogP contribution in [-0.4, -0.2) is 30.8 Å². The summed E-state index contributed by atoms with van der Waals surface area (Å²) in [5.74, 6) is 0. The minimum absolute atomic E-state index is 0.204. The standard InChI is InChI=1S/C20H28N3OPS/c1-20(2)14-17-19(18(15-20)22-12-8-5-9-13-22)25(26,24-3)23(21-17)16-10-6-4-7-11-16/h4,6-7,10-11H,5,8-9,12-15H2,1-3H3/t25-/m0/s1.